The Balaban J connectivity index is 2.25. The van der Waals surface area contributed by atoms with Crippen LogP contribution in [0.4, 0.5) is 0 Å². The summed E-state index contributed by atoms with van der Waals surface area (Å²) in [6.07, 6.45) is 4.72. The molecular weight excluding hydrogens is 200 g/mol. The maximum atomic E-state index is 11.6. The summed E-state index contributed by atoms with van der Waals surface area (Å²) in [5, 5.41) is 0. The van der Waals surface area contributed by atoms with Crippen LogP contribution in [0.25, 0.3) is 0 Å². The van der Waals surface area contributed by atoms with Gasteiger partial charge in [0.1, 0.15) is 0 Å². The number of amides is 1. The maximum absolute atomic E-state index is 11.6. The normalized spacial score (nSPS) is 18.6. The molecule has 0 unspecified atom stereocenters. The zero-order valence-corrected chi connectivity index (χ0v) is 10.8. The van der Waals surface area contributed by atoms with Crippen LogP contribution in [-0.2, 0) is 4.79 Å². The molecule has 1 aliphatic heterocycles. The Kier molecular flexibility index (Phi) is 5.53. The van der Waals surface area contributed by atoms with Gasteiger partial charge in [-0.2, -0.15) is 0 Å². The molecule has 1 amide bonds. The summed E-state index contributed by atoms with van der Waals surface area (Å²) < 4.78 is 0. The average molecular weight is 224 g/mol. The maximum Gasteiger partial charge on any atom is 0.246 e. The van der Waals surface area contributed by atoms with Crippen LogP contribution in [0.5, 0.6) is 0 Å². The zero-order chi connectivity index (χ0) is 12.0. The van der Waals surface area contributed by atoms with E-state index >= 15 is 0 Å². The summed E-state index contributed by atoms with van der Waals surface area (Å²) in [7, 11) is 0. The van der Waals surface area contributed by atoms with Crippen molar-refractivity contribution < 1.29 is 4.79 Å². The van der Waals surface area contributed by atoms with E-state index in [1.807, 2.05) is 17.9 Å². The molecule has 0 saturated carbocycles. The van der Waals surface area contributed by atoms with Crippen molar-refractivity contribution in [1.82, 2.24) is 9.80 Å². The van der Waals surface area contributed by atoms with Gasteiger partial charge in [0.25, 0.3) is 0 Å². The van der Waals surface area contributed by atoms with E-state index in [9.17, 15) is 4.79 Å². The minimum atomic E-state index is 0.158. The summed E-state index contributed by atoms with van der Waals surface area (Å²) in [4.78, 5) is 16.0. The second-order valence-electron chi connectivity index (χ2n) is 4.85. The molecular formula is C13H24N2O. The van der Waals surface area contributed by atoms with Crippen molar-refractivity contribution in [3.8, 4) is 0 Å². The van der Waals surface area contributed by atoms with Gasteiger partial charge in [-0.05, 0) is 31.9 Å². The number of carbonyl (C=O) groups is 1. The van der Waals surface area contributed by atoms with Crippen molar-refractivity contribution in [1.29, 1.82) is 0 Å². The molecule has 0 bridgehead atoms. The van der Waals surface area contributed by atoms with Crippen LogP contribution < -0.4 is 0 Å². The fraction of sp³-hybridized carbons (Fsp3) is 0.769. The first-order valence-corrected chi connectivity index (χ1v) is 6.27. The van der Waals surface area contributed by atoms with Crippen molar-refractivity contribution in [3.05, 3.63) is 12.2 Å². The molecule has 16 heavy (non-hydrogen) atoms. The van der Waals surface area contributed by atoms with Crippen molar-refractivity contribution in [2.45, 2.75) is 27.2 Å². The molecule has 92 valence electrons. The van der Waals surface area contributed by atoms with Crippen molar-refractivity contribution in [2.75, 3.05) is 32.7 Å². The molecule has 0 aromatic carbocycles. The highest BCUT2D eigenvalue weighted by Crippen LogP contribution is 2.06. The molecule has 0 atom stereocenters. The molecule has 0 aromatic rings. The van der Waals surface area contributed by atoms with Gasteiger partial charge < -0.3 is 4.90 Å². The number of hydrogen-bond acceptors (Lipinski definition) is 2. The highest BCUT2D eigenvalue weighted by molar-refractivity contribution is 5.87. The predicted molar refractivity (Wildman–Crippen MR) is 67.3 cm³/mol. The van der Waals surface area contributed by atoms with Crippen LogP contribution in [0.2, 0.25) is 0 Å². The van der Waals surface area contributed by atoms with Gasteiger partial charge in [-0.25, -0.2) is 0 Å². The Morgan fingerprint density at radius 3 is 2.38 bits per heavy atom. The van der Waals surface area contributed by atoms with Crippen molar-refractivity contribution >= 4 is 5.91 Å². The summed E-state index contributed by atoms with van der Waals surface area (Å²) in [5.74, 6) is 0.925. The van der Waals surface area contributed by atoms with E-state index in [-0.39, 0.29) is 5.91 Å². The van der Waals surface area contributed by atoms with Crippen LogP contribution in [0, 0.1) is 5.92 Å². The summed E-state index contributed by atoms with van der Waals surface area (Å²) in [6, 6.07) is 0. The lowest BCUT2D eigenvalue weighted by molar-refractivity contribution is -0.127. The SMILES string of the molecule is CC=CC(=O)N1CCN(CCC(C)C)CC1. The molecule has 3 heteroatoms. The number of hydrogen-bond donors (Lipinski definition) is 0. The summed E-state index contributed by atoms with van der Waals surface area (Å²) in [6.45, 7) is 11.4. The van der Waals surface area contributed by atoms with Crippen LogP contribution in [-0.4, -0.2) is 48.4 Å². The van der Waals surface area contributed by atoms with E-state index in [0.717, 1.165) is 32.1 Å². The molecule has 1 saturated heterocycles. The predicted octanol–water partition coefficient (Wildman–Crippen LogP) is 1.75. The monoisotopic (exact) mass is 224 g/mol. The highest BCUT2D eigenvalue weighted by Gasteiger charge is 2.18. The summed E-state index contributed by atoms with van der Waals surface area (Å²) >= 11 is 0. The molecule has 3 nitrogen and oxygen atoms in total. The second-order valence-corrected chi connectivity index (χ2v) is 4.85. The van der Waals surface area contributed by atoms with Gasteiger partial charge >= 0.3 is 0 Å². The Labute approximate surface area is 99.1 Å². The minimum absolute atomic E-state index is 0.158. The lowest BCUT2D eigenvalue weighted by Crippen LogP contribution is -2.48. The molecule has 1 aliphatic rings. The molecule has 0 aliphatic carbocycles. The number of carbonyl (C=O) groups excluding carboxylic acids is 1. The fourth-order valence-corrected chi connectivity index (χ4v) is 1.88. The average Bonchev–Trinajstić information content (AvgIpc) is 2.27. The number of allylic oxidation sites excluding steroid dienone is 1. The molecule has 0 aromatic heterocycles. The van der Waals surface area contributed by atoms with Gasteiger partial charge in [-0.1, -0.05) is 19.9 Å². The second kappa shape index (κ2) is 6.69. The Morgan fingerprint density at radius 1 is 1.25 bits per heavy atom. The standard InChI is InChI=1S/C13H24N2O/c1-4-5-13(16)15-10-8-14(9-11-15)7-6-12(2)3/h4-5,12H,6-11H2,1-3H3. The lowest BCUT2D eigenvalue weighted by Gasteiger charge is -2.34. The van der Waals surface area contributed by atoms with E-state index in [1.54, 1.807) is 6.08 Å². The molecule has 0 spiro atoms. The molecule has 1 rings (SSSR count). The summed E-state index contributed by atoms with van der Waals surface area (Å²) in [5.41, 5.74) is 0. The van der Waals surface area contributed by atoms with Gasteiger partial charge in [-0.3, -0.25) is 9.69 Å². The molecule has 0 radical (unpaired) electrons. The Bertz CT molecular complexity index is 240. The van der Waals surface area contributed by atoms with Gasteiger partial charge in [0, 0.05) is 26.2 Å². The van der Waals surface area contributed by atoms with Crippen molar-refractivity contribution in [2.24, 2.45) is 5.92 Å². The largest absolute Gasteiger partial charge is 0.337 e. The van der Waals surface area contributed by atoms with E-state index in [0.29, 0.717) is 0 Å². The Hall–Kier alpha value is -0.830. The Morgan fingerprint density at radius 2 is 1.88 bits per heavy atom. The smallest absolute Gasteiger partial charge is 0.246 e. The van der Waals surface area contributed by atoms with Crippen LogP contribution in [0.15, 0.2) is 12.2 Å². The third-order valence-corrected chi connectivity index (χ3v) is 3.02. The van der Waals surface area contributed by atoms with E-state index in [4.69, 9.17) is 0 Å². The van der Waals surface area contributed by atoms with Crippen LogP contribution in [0.1, 0.15) is 27.2 Å². The first kappa shape index (κ1) is 13.2. The van der Waals surface area contributed by atoms with Gasteiger partial charge in [-0.15, -0.1) is 0 Å². The third-order valence-electron chi connectivity index (χ3n) is 3.02. The van der Waals surface area contributed by atoms with E-state index in [1.165, 1.54) is 13.0 Å². The van der Waals surface area contributed by atoms with Gasteiger partial charge in [0.15, 0.2) is 0 Å². The molecule has 1 heterocycles. The topological polar surface area (TPSA) is 23.6 Å². The number of nitrogens with zero attached hydrogens (tertiary/aromatic N) is 2. The van der Waals surface area contributed by atoms with Gasteiger partial charge in [0.05, 0.1) is 0 Å². The van der Waals surface area contributed by atoms with E-state index < -0.39 is 0 Å². The third kappa shape index (κ3) is 4.35. The molecule has 0 N–H and O–H groups in total. The number of rotatable bonds is 4. The highest BCUT2D eigenvalue weighted by atomic mass is 16.2. The van der Waals surface area contributed by atoms with Crippen molar-refractivity contribution in [3.63, 3.8) is 0 Å². The minimum Gasteiger partial charge on any atom is -0.337 e. The molecule has 1 fully saturated rings. The number of piperazine rings is 1. The fourth-order valence-electron chi connectivity index (χ4n) is 1.88. The first-order chi connectivity index (χ1) is 7.63. The van der Waals surface area contributed by atoms with Crippen LogP contribution >= 0.6 is 0 Å². The quantitative estimate of drug-likeness (QED) is 0.679. The van der Waals surface area contributed by atoms with Crippen LogP contribution in [0.3, 0.4) is 0 Å². The lowest BCUT2D eigenvalue weighted by atomic mass is 10.1. The zero-order valence-electron chi connectivity index (χ0n) is 10.8. The van der Waals surface area contributed by atoms with E-state index in [2.05, 4.69) is 18.7 Å². The van der Waals surface area contributed by atoms with Gasteiger partial charge in [0.2, 0.25) is 5.91 Å². The first-order valence-electron chi connectivity index (χ1n) is 6.27.